The van der Waals surface area contributed by atoms with E-state index in [0.717, 1.165) is 24.2 Å². The first-order valence-corrected chi connectivity index (χ1v) is 14.2. The Hall–Kier alpha value is -2.44. The Balaban J connectivity index is 1.99. The van der Waals surface area contributed by atoms with Crippen LogP contribution in [0, 0.1) is 16.0 Å². The van der Waals surface area contributed by atoms with Crippen molar-refractivity contribution in [3.8, 4) is 5.75 Å². The molecule has 0 aliphatic rings. The van der Waals surface area contributed by atoms with Gasteiger partial charge in [0, 0.05) is 12.1 Å². The normalized spacial score (nSPS) is 14.3. The Morgan fingerprint density at radius 1 is 1.06 bits per heavy atom. The summed E-state index contributed by atoms with van der Waals surface area (Å²) >= 11 is 0. The summed E-state index contributed by atoms with van der Waals surface area (Å²) in [6, 6.07) is 16.5. The third-order valence-electron chi connectivity index (χ3n) is 6.25. The van der Waals surface area contributed by atoms with Gasteiger partial charge in [-0.1, -0.05) is 58.0 Å². The van der Waals surface area contributed by atoms with Crippen LogP contribution in [-0.4, -0.2) is 26.0 Å². The summed E-state index contributed by atoms with van der Waals surface area (Å²) in [7, 11) is -1.94. The van der Waals surface area contributed by atoms with Crippen molar-refractivity contribution in [1.82, 2.24) is 0 Å². The second-order valence-corrected chi connectivity index (χ2v) is 14.6. The van der Waals surface area contributed by atoms with E-state index in [1.165, 1.54) is 12.1 Å². The Morgan fingerprint density at radius 2 is 1.69 bits per heavy atom. The van der Waals surface area contributed by atoms with Gasteiger partial charge in [0.25, 0.3) is 5.69 Å². The summed E-state index contributed by atoms with van der Waals surface area (Å²) in [5.74, 6) is 1.19. The number of nitro groups is 1. The molecular formula is C26H37NO4Si. The van der Waals surface area contributed by atoms with Gasteiger partial charge in [-0.2, -0.15) is 0 Å². The lowest BCUT2D eigenvalue weighted by Crippen LogP contribution is -2.47. The molecule has 0 aliphatic heterocycles. The largest absolute Gasteiger partial charge is 0.491 e. The fourth-order valence-electron chi connectivity index (χ4n) is 3.04. The summed E-state index contributed by atoms with van der Waals surface area (Å²) in [6.07, 6.45) is 6.03. The Labute approximate surface area is 193 Å². The van der Waals surface area contributed by atoms with Crippen LogP contribution >= 0.6 is 0 Å². The van der Waals surface area contributed by atoms with E-state index in [1.54, 1.807) is 12.1 Å². The zero-order chi connectivity index (χ0) is 23.8. The Morgan fingerprint density at radius 3 is 2.25 bits per heavy atom. The SMILES string of the molecule is C[C@H](CC/C=C/c1ccc([N+](=O)[O-])cc1)[C@@H](COc1ccccc1)O[Si](C)(C)C(C)(C)C. The highest BCUT2D eigenvalue weighted by molar-refractivity contribution is 6.74. The summed E-state index contributed by atoms with van der Waals surface area (Å²) in [5.41, 5.74) is 1.07. The van der Waals surface area contributed by atoms with Gasteiger partial charge in [0.05, 0.1) is 11.0 Å². The van der Waals surface area contributed by atoms with Crippen molar-refractivity contribution >= 4 is 20.1 Å². The minimum absolute atomic E-state index is 0.0175. The number of hydrogen-bond acceptors (Lipinski definition) is 4. The summed E-state index contributed by atoms with van der Waals surface area (Å²) in [5, 5.41) is 10.9. The maximum absolute atomic E-state index is 10.8. The molecule has 0 bridgehead atoms. The minimum Gasteiger partial charge on any atom is -0.491 e. The highest BCUT2D eigenvalue weighted by atomic mass is 28.4. The number of allylic oxidation sites excluding steroid dienone is 1. The number of nitro benzene ring substituents is 1. The molecule has 2 atom stereocenters. The van der Waals surface area contributed by atoms with E-state index >= 15 is 0 Å². The first-order chi connectivity index (χ1) is 15.0. The van der Waals surface area contributed by atoms with Crippen molar-refractivity contribution in [2.24, 2.45) is 5.92 Å². The van der Waals surface area contributed by atoms with E-state index in [0.29, 0.717) is 12.5 Å². The monoisotopic (exact) mass is 455 g/mol. The van der Waals surface area contributed by atoms with Crippen LogP contribution in [0.5, 0.6) is 5.75 Å². The minimum atomic E-state index is -1.94. The summed E-state index contributed by atoms with van der Waals surface area (Å²) in [4.78, 5) is 10.4. The van der Waals surface area contributed by atoms with Gasteiger partial charge < -0.3 is 9.16 Å². The first kappa shape index (κ1) is 25.8. The van der Waals surface area contributed by atoms with Crippen molar-refractivity contribution < 1.29 is 14.1 Å². The van der Waals surface area contributed by atoms with Crippen molar-refractivity contribution in [3.05, 3.63) is 76.4 Å². The molecule has 0 radical (unpaired) electrons. The van der Waals surface area contributed by atoms with Crippen molar-refractivity contribution in [2.75, 3.05) is 6.61 Å². The Kier molecular flexibility index (Phi) is 9.22. The average molecular weight is 456 g/mol. The standard InChI is InChI=1S/C26H37NO4Si/c1-21(12-10-11-13-22-16-18-23(19-17-22)27(28)29)25(31-32(5,6)26(2,3)4)20-30-24-14-8-7-9-15-24/h7-9,11,13-19,21,25H,10,12,20H2,1-6H3/b13-11+/t21-,25-/m1/s1. The van der Waals surface area contributed by atoms with Crippen LogP contribution in [0.1, 0.15) is 46.1 Å². The van der Waals surface area contributed by atoms with Crippen LogP contribution in [-0.2, 0) is 4.43 Å². The maximum Gasteiger partial charge on any atom is 0.269 e. The highest BCUT2D eigenvalue weighted by Crippen LogP contribution is 2.38. The van der Waals surface area contributed by atoms with Gasteiger partial charge in [-0.05, 0) is 66.7 Å². The van der Waals surface area contributed by atoms with E-state index in [4.69, 9.17) is 9.16 Å². The molecule has 2 rings (SSSR count). The van der Waals surface area contributed by atoms with Gasteiger partial charge in [0.2, 0.25) is 0 Å². The summed E-state index contributed by atoms with van der Waals surface area (Å²) in [6.45, 7) is 14.1. The molecule has 6 heteroatoms. The lowest BCUT2D eigenvalue weighted by molar-refractivity contribution is -0.384. The number of benzene rings is 2. The average Bonchev–Trinajstić information content (AvgIpc) is 2.74. The van der Waals surface area contributed by atoms with Gasteiger partial charge in [-0.25, -0.2) is 0 Å². The first-order valence-electron chi connectivity index (χ1n) is 11.3. The van der Waals surface area contributed by atoms with E-state index < -0.39 is 8.32 Å². The van der Waals surface area contributed by atoms with E-state index in [1.807, 2.05) is 36.4 Å². The fraction of sp³-hybridized carbons (Fsp3) is 0.462. The van der Waals surface area contributed by atoms with Crippen LogP contribution in [0.4, 0.5) is 5.69 Å². The third kappa shape index (κ3) is 7.91. The molecule has 174 valence electrons. The smallest absolute Gasteiger partial charge is 0.269 e. The van der Waals surface area contributed by atoms with Crippen LogP contribution in [0.15, 0.2) is 60.7 Å². The third-order valence-corrected chi connectivity index (χ3v) is 10.8. The van der Waals surface area contributed by atoms with Crippen LogP contribution in [0.2, 0.25) is 18.1 Å². The number of nitrogens with zero attached hydrogens (tertiary/aromatic N) is 1. The van der Waals surface area contributed by atoms with E-state index in [2.05, 4.69) is 46.9 Å². The van der Waals surface area contributed by atoms with Crippen LogP contribution in [0.25, 0.3) is 6.08 Å². The second-order valence-electron chi connectivity index (χ2n) is 9.85. The molecule has 0 N–H and O–H groups in total. The van der Waals surface area contributed by atoms with Gasteiger partial charge in [0.1, 0.15) is 12.4 Å². The topological polar surface area (TPSA) is 61.6 Å². The van der Waals surface area contributed by atoms with E-state index in [-0.39, 0.29) is 21.8 Å². The highest BCUT2D eigenvalue weighted by Gasteiger charge is 2.40. The van der Waals surface area contributed by atoms with E-state index in [9.17, 15) is 10.1 Å². The van der Waals surface area contributed by atoms with Crippen molar-refractivity contribution in [2.45, 2.75) is 64.8 Å². The van der Waals surface area contributed by atoms with Gasteiger partial charge >= 0.3 is 0 Å². The molecule has 0 heterocycles. The molecule has 2 aromatic carbocycles. The van der Waals surface area contributed by atoms with Gasteiger partial charge in [-0.3, -0.25) is 10.1 Å². The lowest BCUT2D eigenvalue weighted by Gasteiger charge is -2.40. The van der Waals surface area contributed by atoms with Crippen LogP contribution < -0.4 is 4.74 Å². The fourth-order valence-corrected chi connectivity index (χ4v) is 4.45. The predicted octanol–water partition coefficient (Wildman–Crippen LogP) is 7.49. The zero-order valence-electron chi connectivity index (χ0n) is 20.2. The molecule has 5 nitrogen and oxygen atoms in total. The lowest BCUT2D eigenvalue weighted by atomic mass is 9.99. The molecule has 0 fully saturated rings. The second kappa shape index (κ2) is 11.4. The number of ether oxygens (including phenoxy) is 1. The molecule has 0 saturated carbocycles. The van der Waals surface area contributed by atoms with Crippen molar-refractivity contribution in [1.29, 1.82) is 0 Å². The molecule has 0 unspecified atom stereocenters. The number of para-hydroxylation sites is 1. The molecule has 0 spiro atoms. The quantitative estimate of drug-likeness (QED) is 0.200. The predicted molar refractivity (Wildman–Crippen MR) is 135 cm³/mol. The van der Waals surface area contributed by atoms with Crippen molar-refractivity contribution in [3.63, 3.8) is 0 Å². The van der Waals surface area contributed by atoms with Gasteiger partial charge in [0.15, 0.2) is 8.32 Å². The molecule has 0 amide bonds. The zero-order valence-corrected chi connectivity index (χ0v) is 21.2. The molecular weight excluding hydrogens is 418 g/mol. The van der Waals surface area contributed by atoms with Gasteiger partial charge in [-0.15, -0.1) is 0 Å². The molecule has 0 aromatic heterocycles. The molecule has 32 heavy (non-hydrogen) atoms. The number of rotatable bonds is 11. The van der Waals surface area contributed by atoms with Crippen LogP contribution in [0.3, 0.4) is 0 Å². The maximum atomic E-state index is 10.8. The number of hydrogen-bond donors (Lipinski definition) is 0. The molecule has 0 aliphatic carbocycles. The number of non-ortho nitro benzene ring substituents is 1. The summed E-state index contributed by atoms with van der Waals surface area (Å²) < 4.78 is 12.8. The Bertz CT molecular complexity index is 873. The molecule has 2 aromatic rings. The molecule has 0 saturated heterocycles.